The first-order chi connectivity index (χ1) is 12.0. The van der Waals surface area contributed by atoms with Crippen molar-refractivity contribution in [3.05, 3.63) is 82.9 Å². The predicted molar refractivity (Wildman–Crippen MR) is 108 cm³/mol. The van der Waals surface area contributed by atoms with E-state index in [4.69, 9.17) is 0 Å². The van der Waals surface area contributed by atoms with Crippen LogP contribution < -0.4 is 0 Å². The molecule has 0 saturated carbocycles. The minimum atomic E-state index is -0.162. The Morgan fingerprint density at radius 3 is 1.08 bits per heavy atom. The van der Waals surface area contributed by atoms with Gasteiger partial charge in [-0.2, -0.15) is 0 Å². The molecule has 0 amide bonds. The second-order valence-electron chi connectivity index (χ2n) is 8.72. The highest BCUT2D eigenvalue weighted by atomic mass is 16.1. The van der Waals surface area contributed by atoms with Crippen molar-refractivity contribution in [1.29, 1.82) is 0 Å². The fraction of sp³-hybridized carbons (Fsp3) is 0.333. The third kappa shape index (κ3) is 5.01. The normalized spacial score (nSPS) is 12.4. The average Bonchev–Trinajstić information content (AvgIpc) is 2.58. The van der Waals surface area contributed by atoms with Crippen LogP contribution in [0.5, 0.6) is 0 Å². The Kier molecular flexibility index (Phi) is 5.65. The van der Waals surface area contributed by atoms with Gasteiger partial charge in [0, 0.05) is 11.1 Å². The van der Waals surface area contributed by atoms with Crippen molar-refractivity contribution in [3.8, 4) is 0 Å². The van der Waals surface area contributed by atoms with Crippen molar-refractivity contribution in [2.75, 3.05) is 0 Å². The van der Waals surface area contributed by atoms with E-state index in [1.807, 2.05) is 48.5 Å². The third-order valence-electron chi connectivity index (χ3n) is 4.46. The molecule has 0 saturated heterocycles. The minimum absolute atomic E-state index is 0.0482. The van der Waals surface area contributed by atoms with Gasteiger partial charge in [-0.15, -0.1) is 0 Å². The molecule has 0 fully saturated rings. The monoisotopic (exact) mass is 348 g/mol. The summed E-state index contributed by atoms with van der Waals surface area (Å²) in [5, 5.41) is 0. The molecule has 0 atom stereocenters. The van der Waals surface area contributed by atoms with E-state index in [0.29, 0.717) is 11.1 Å². The smallest absolute Gasteiger partial charge is 0.185 e. The van der Waals surface area contributed by atoms with Crippen LogP contribution in [0.15, 0.2) is 60.7 Å². The van der Waals surface area contributed by atoms with Gasteiger partial charge in [0.1, 0.15) is 0 Å². The number of carbonyl (C=O) groups is 2. The maximum Gasteiger partial charge on any atom is 0.185 e. The lowest BCUT2D eigenvalue weighted by atomic mass is 9.86. The Hall–Kier alpha value is -2.48. The van der Waals surface area contributed by atoms with Crippen molar-refractivity contribution >= 4 is 11.6 Å². The molecule has 0 aliphatic rings. The Morgan fingerprint density at radius 1 is 0.577 bits per heavy atom. The minimum Gasteiger partial charge on any atom is -0.289 e. The molecular weight excluding hydrogens is 320 g/mol. The Labute approximate surface area is 157 Å². The van der Waals surface area contributed by atoms with Crippen molar-refractivity contribution in [2.24, 2.45) is 0 Å². The molecule has 2 aromatic rings. The van der Waals surface area contributed by atoms with Crippen LogP contribution >= 0.6 is 0 Å². The molecule has 2 heteroatoms. The molecule has 0 bridgehead atoms. The van der Waals surface area contributed by atoms with Crippen LogP contribution in [0.1, 0.15) is 73.4 Å². The molecule has 26 heavy (non-hydrogen) atoms. The first kappa shape index (κ1) is 19.8. The van der Waals surface area contributed by atoms with E-state index >= 15 is 0 Å². The molecular formula is C24H28O2. The quantitative estimate of drug-likeness (QED) is 0.509. The first-order valence-corrected chi connectivity index (χ1v) is 8.96. The van der Waals surface area contributed by atoms with E-state index in [-0.39, 0.29) is 22.4 Å². The van der Waals surface area contributed by atoms with E-state index in [1.165, 1.54) is 23.3 Å². The van der Waals surface area contributed by atoms with Gasteiger partial charge in [-0.1, -0.05) is 90.1 Å². The van der Waals surface area contributed by atoms with E-state index in [2.05, 4.69) is 41.5 Å². The Balaban J connectivity index is 2.08. The van der Waals surface area contributed by atoms with Crippen LogP contribution in [0.2, 0.25) is 0 Å². The van der Waals surface area contributed by atoms with Gasteiger partial charge in [0.25, 0.3) is 0 Å². The second-order valence-corrected chi connectivity index (χ2v) is 8.72. The van der Waals surface area contributed by atoms with Crippen LogP contribution in [0.4, 0.5) is 0 Å². The van der Waals surface area contributed by atoms with Gasteiger partial charge < -0.3 is 0 Å². The van der Waals surface area contributed by atoms with Crippen LogP contribution in [-0.2, 0) is 10.8 Å². The number of hydrogen-bond acceptors (Lipinski definition) is 2. The maximum atomic E-state index is 12.3. The van der Waals surface area contributed by atoms with Crippen molar-refractivity contribution in [2.45, 2.75) is 52.4 Å². The number of benzene rings is 2. The average molecular weight is 348 g/mol. The fourth-order valence-electron chi connectivity index (χ4n) is 2.61. The third-order valence-corrected chi connectivity index (χ3v) is 4.46. The Morgan fingerprint density at radius 2 is 0.846 bits per heavy atom. The highest BCUT2D eigenvalue weighted by Gasteiger charge is 2.15. The number of rotatable bonds is 4. The van der Waals surface area contributed by atoms with Gasteiger partial charge in [0.05, 0.1) is 0 Å². The molecule has 0 aliphatic carbocycles. The summed E-state index contributed by atoms with van der Waals surface area (Å²) in [6.45, 7) is 12.8. The van der Waals surface area contributed by atoms with Gasteiger partial charge in [0.15, 0.2) is 11.6 Å². The van der Waals surface area contributed by atoms with Crippen LogP contribution in [0, 0.1) is 0 Å². The van der Waals surface area contributed by atoms with Gasteiger partial charge in [-0.05, 0) is 34.1 Å². The fourth-order valence-corrected chi connectivity index (χ4v) is 2.61. The lowest BCUT2D eigenvalue weighted by Gasteiger charge is -2.18. The molecule has 0 radical (unpaired) electrons. The molecule has 0 heterocycles. The van der Waals surface area contributed by atoms with E-state index in [0.717, 1.165) is 0 Å². The summed E-state index contributed by atoms with van der Waals surface area (Å²) < 4.78 is 0. The topological polar surface area (TPSA) is 34.1 Å². The first-order valence-electron chi connectivity index (χ1n) is 8.96. The number of ketones is 2. The molecule has 2 aromatic carbocycles. The summed E-state index contributed by atoms with van der Waals surface area (Å²) in [7, 11) is 0. The van der Waals surface area contributed by atoms with E-state index in [1.54, 1.807) is 0 Å². The summed E-state index contributed by atoms with van der Waals surface area (Å²) in [6, 6.07) is 15.1. The Bertz CT molecular complexity index is 737. The zero-order valence-electron chi connectivity index (χ0n) is 16.6. The highest BCUT2D eigenvalue weighted by molar-refractivity contribution is 6.11. The summed E-state index contributed by atoms with van der Waals surface area (Å²) >= 11 is 0. The number of carbonyl (C=O) groups excluding carboxylic acids is 2. The van der Waals surface area contributed by atoms with Crippen LogP contribution in [0.25, 0.3) is 0 Å². The molecule has 0 aromatic heterocycles. The lowest BCUT2D eigenvalue weighted by molar-refractivity contribution is 0.102. The highest BCUT2D eigenvalue weighted by Crippen LogP contribution is 2.23. The molecule has 136 valence electrons. The van der Waals surface area contributed by atoms with E-state index in [9.17, 15) is 9.59 Å². The molecule has 2 nitrogen and oxygen atoms in total. The van der Waals surface area contributed by atoms with Crippen molar-refractivity contribution < 1.29 is 9.59 Å². The largest absolute Gasteiger partial charge is 0.289 e. The van der Waals surface area contributed by atoms with Crippen LogP contribution in [0.3, 0.4) is 0 Å². The molecule has 2 rings (SSSR count). The standard InChI is InChI=1S/C24H28O2/c1-23(2,3)19-11-7-17(8-12-19)21(25)15-16-22(26)18-9-13-20(14-10-18)24(4,5)6/h7-16H,1-6H3/b16-15+. The summed E-state index contributed by atoms with van der Waals surface area (Å²) in [6.07, 6.45) is 2.71. The van der Waals surface area contributed by atoms with Crippen molar-refractivity contribution in [1.82, 2.24) is 0 Å². The molecule has 0 aliphatic heterocycles. The zero-order valence-corrected chi connectivity index (χ0v) is 16.6. The SMILES string of the molecule is CC(C)(C)c1ccc(C(=O)/C=C/C(=O)c2ccc(C(C)(C)C)cc2)cc1. The summed E-state index contributed by atoms with van der Waals surface area (Å²) in [4.78, 5) is 24.6. The van der Waals surface area contributed by atoms with Gasteiger partial charge >= 0.3 is 0 Å². The predicted octanol–water partition coefficient (Wildman–Crippen LogP) is 5.90. The van der Waals surface area contributed by atoms with Gasteiger partial charge in [-0.25, -0.2) is 0 Å². The van der Waals surface area contributed by atoms with Crippen LogP contribution in [-0.4, -0.2) is 11.6 Å². The molecule has 0 N–H and O–H groups in total. The van der Waals surface area contributed by atoms with Gasteiger partial charge in [-0.3, -0.25) is 9.59 Å². The zero-order chi connectivity index (χ0) is 19.5. The number of allylic oxidation sites excluding steroid dienone is 2. The maximum absolute atomic E-state index is 12.3. The summed E-state index contributed by atoms with van der Waals surface area (Å²) in [5.74, 6) is -0.324. The number of hydrogen-bond donors (Lipinski definition) is 0. The van der Waals surface area contributed by atoms with Gasteiger partial charge in [0.2, 0.25) is 0 Å². The molecule has 0 spiro atoms. The second kappa shape index (κ2) is 7.41. The van der Waals surface area contributed by atoms with Crippen molar-refractivity contribution in [3.63, 3.8) is 0 Å². The lowest BCUT2D eigenvalue weighted by Crippen LogP contribution is -2.11. The summed E-state index contributed by atoms with van der Waals surface area (Å²) in [5.41, 5.74) is 3.62. The van der Waals surface area contributed by atoms with E-state index < -0.39 is 0 Å². The molecule has 0 unspecified atom stereocenters.